The Kier molecular flexibility index (Phi) is 8.17. The smallest absolute Gasteiger partial charge is 0.310 e. The molecule has 1 aromatic heterocycles. The average molecular weight is 531 g/mol. The molecule has 0 bridgehead atoms. The lowest BCUT2D eigenvalue weighted by Crippen LogP contribution is -2.42. The summed E-state index contributed by atoms with van der Waals surface area (Å²) in [6.45, 7) is 5.93. The quantitative estimate of drug-likeness (QED) is 0.312. The molecule has 3 aliphatic rings. The van der Waals surface area contributed by atoms with Crippen LogP contribution in [0.3, 0.4) is 0 Å². The van der Waals surface area contributed by atoms with Crippen LogP contribution in [0.15, 0.2) is 9.70 Å². The third-order valence-corrected chi connectivity index (χ3v) is 8.25. The number of carbonyl (C=O) groups excluding carboxylic acids is 2. The fourth-order valence-electron chi connectivity index (χ4n) is 5.00. The van der Waals surface area contributed by atoms with Gasteiger partial charge < -0.3 is 14.4 Å². The number of esters is 1. The van der Waals surface area contributed by atoms with Gasteiger partial charge in [0.15, 0.2) is 0 Å². The number of nitriles is 1. The molecule has 3 saturated heterocycles. The number of thioether (sulfide) groups is 1. The van der Waals surface area contributed by atoms with Crippen molar-refractivity contribution in [1.29, 1.82) is 5.26 Å². The van der Waals surface area contributed by atoms with E-state index < -0.39 is 5.56 Å². The number of hydrogen-bond donors (Lipinski definition) is 0. The van der Waals surface area contributed by atoms with Gasteiger partial charge in [-0.1, -0.05) is 24.0 Å². The van der Waals surface area contributed by atoms with Crippen molar-refractivity contribution in [3.8, 4) is 6.07 Å². The van der Waals surface area contributed by atoms with E-state index in [9.17, 15) is 19.6 Å². The van der Waals surface area contributed by atoms with E-state index in [0.717, 1.165) is 19.3 Å². The van der Waals surface area contributed by atoms with Crippen LogP contribution in [-0.2, 0) is 26.1 Å². The highest BCUT2D eigenvalue weighted by molar-refractivity contribution is 8.26. The van der Waals surface area contributed by atoms with Crippen LogP contribution in [0.4, 0.5) is 5.82 Å². The first-order valence-corrected chi connectivity index (χ1v) is 13.4. The zero-order valence-electron chi connectivity index (χ0n) is 20.7. The summed E-state index contributed by atoms with van der Waals surface area (Å²) in [5.74, 6) is -0.201. The summed E-state index contributed by atoms with van der Waals surface area (Å²) in [5, 5.41) is 9.71. The molecule has 192 valence electrons. The molecule has 2 unspecified atom stereocenters. The highest BCUT2D eigenvalue weighted by Gasteiger charge is 2.36. The maximum absolute atomic E-state index is 13.3. The van der Waals surface area contributed by atoms with Crippen LogP contribution >= 0.6 is 24.0 Å². The minimum absolute atomic E-state index is 0.0277. The lowest BCUT2D eigenvalue weighted by molar-refractivity contribution is -0.148. The number of ether oxygens (including phenoxy) is 2. The Bertz CT molecular complexity index is 1210. The maximum atomic E-state index is 13.3. The summed E-state index contributed by atoms with van der Waals surface area (Å²) in [7, 11) is 1.62. The molecule has 0 aliphatic carbocycles. The van der Waals surface area contributed by atoms with Crippen molar-refractivity contribution in [2.24, 2.45) is 13.0 Å². The second-order valence-electron chi connectivity index (χ2n) is 9.18. The second-order valence-corrected chi connectivity index (χ2v) is 10.9. The minimum Gasteiger partial charge on any atom is -0.466 e. The van der Waals surface area contributed by atoms with Crippen LogP contribution in [0.2, 0.25) is 0 Å². The van der Waals surface area contributed by atoms with Crippen molar-refractivity contribution in [2.75, 3.05) is 37.7 Å². The van der Waals surface area contributed by atoms with E-state index in [0.29, 0.717) is 65.4 Å². The average Bonchev–Trinajstić information content (AvgIpc) is 3.47. The number of amides is 1. The first kappa shape index (κ1) is 26.4. The molecule has 3 fully saturated rings. The van der Waals surface area contributed by atoms with Crippen molar-refractivity contribution >= 4 is 52.1 Å². The Morgan fingerprint density at radius 2 is 2.11 bits per heavy atom. The number of rotatable bonds is 6. The Labute approximate surface area is 220 Å². The topological polar surface area (TPSA) is 105 Å². The van der Waals surface area contributed by atoms with Gasteiger partial charge >= 0.3 is 5.97 Å². The molecule has 4 heterocycles. The zero-order valence-corrected chi connectivity index (χ0v) is 22.4. The van der Waals surface area contributed by atoms with Gasteiger partial charge in [-0.2, -0.15) is 5.26 Å². The molecule has 1 aromatic rings. The molecule has 3 aliphatic heterocycles. The predicted octanol–water partition coefficient (Wildman–Crippen LogP) is 2.73. The summed E-state index contributed by atoms with van der Waals surface area (Å²) in [5.41, 5.74) is 0.724. The minimum atomic E-state index is -0.411. The van der Waals surface area contributed by atoms with Crippen molar-refractivity contribution in [3.05, 3.63) is 31.9 Å². The standard InChI is InChI=1S/C25H30N4O5S2/c1-4-33-24(32)16-7-5-9-28(13-16)21-18(15(2)19(12-26)22(30)27(21)3)11-20-23(31)29(25(35)36-20)14-17-8-6-10-34-17/h11,16-17H,4-10,13-14H2,1-3H3. The first-order chi connectivity index (χ1) is 17.3. The third kappa shape index (κ3) is 5.08. The summed E-state index contributed by atoms with van der Waals surface area (Å²) in [6.07, 6.45) is 5.01. The van der Waals surface area contributed by atoms with Crippen LogP contribution in [0.5, 0.6) is 0 Å². The normalized spacial score (nSPS) is 23.4. The fourth-order valence-corrected chi connectivity index (χ4v) is 6.25. The van der Waals surface area contributed by atoms with Gasteiger partial charge in [-0.25, -0.2) is 0 Å². The Morgan fingerprint density at radius 1 is 1.33 bits per heavy atom. The molecule has 0 spiro atoms. The number of piperidine rings is 1. The van der Waals surface area contributed by atoms with Crippen molar-refractivity contribution in [3.63, 3.8) is 0 Å². The highest BCUT2D eigenvalue weighted by Crippen LogP contribution is 2.37. The number of nitrogens with zero attached hydrogens (tertiary/aromatic N) is 4. The van der Waals surface area contributed by atoms with Crippen LogP contribution in [0.1, 0.15) is 49.3 Å². The van der Waals surface area contributed by atoms with Crippen LogP contribution in [0.25, 0.3) is 6.08 Å². The van der Waals surface area contributed by atoms with E-state index in [1.165, 1.54) is 16.3 Å². The van der Waals surface area contributed by atoms with Gasteiger partial charge in [0.25, 0.3) is 11.5 Å². The van der Waals surface area contributed by atoms with Gasteiger partial charge in [-0.3, -0.25) is 23.9 Å². The van der Waals surface area contributed by atoms with Crippen molar-refractivity contribution in [1.82, 2.24) is 9.47 Å². The molecule has 0 N–H and O–H groups in total. The first-order valence-electron chi connectivity index (χ1n) is 12.2. The van der Waals surface area contributed by atoms with Crippen molar-refractivity contribution < 1.29 is 19.1 Å². The Hall–Kier alpha value is -2.68. The molecular formula is C25H30N4O5S2. The highest BCUT2D eigenvalue weighted by atomic mass is 32.2. The Balaban J connectivity index is 1.74. The molecule has 2 atom stereocenters. The van der Waals surface area contributed by atoms with E-state index in [4.69, 9.17) is 21.7 Å². The largest absolute Gasteiger partial charge is 0.466 e. The molecule has 11 heteroatoms. The van der Waals surface area contributed by atoms with Gasteiger partial charge in [0, 0.05) is 32.3 Å². The zero-order chi connectivity index (χ0) is 26.0. The van der Waals surface area contributed by atoms with Gasteiger partial charge in [0.1, 0.15) is 21.8 Å². The summed E-state index contributed by atoms with van der Waals surface area (Å²) in [4.78, 5) is 42.8. The fraction of sp³-hybridized carbons (Fsp3) is 0.560. The summed E-state index contributed by atoms with van der Waals surface area (Å²) >= 11 is 6.71. The summed E-state index contributed by atoms with van der Waals surface area (Å²) < 4.78 is 12.8. The monoisotopic (exact) mass is 530 g/mol. The van der Waals surface area contributed by atoms with E-state index >= 15 is 0 Å². The molecule has 4 rings (SSSR count). The number of carbonyl (C=O) groups is 2. The van der Waals surface area contributed by atoms with Crippen molar-refractivity contribution in [2.45, 2.75) is 45.6 Å². The van der Waals surface area contributed by atoms with Gasteiger partial charge in [0.2, 0.25) is 0 Å². The number of pyridine rings is 1. The molecule has 9 nitrogen and oxygen atoms in total. The molecule has 0 saturated carbocycles. The second kappa shape index (κ2) is 11.2. The van der Waals surface area contributed by atoms with Crippen LogP contribution < -0.4 is 10.5 Å². The number of aromatic nitrogens is 1. The molecule has 36 heavy (non-hydrogen) atoms. The van der Waals surface area contributed by atoms with Gasteiger partial charge in [-0.05, 0) is 51.2 Å². The number of hydrogen-bond acceptors (Lipinski definition) is 9. The van der Waals surface area contributed by atoms with Gasteiger partial charge in [0.05, 0.1) is 30.1 Å². The Morgan fingerprint density at radius 3 is 2.78 bits per heavy atom. The van der Waals surface area contributed by atoms with E-state index in [1.54, 1.807) is 31.9 Å². The van der Waals surface area contributed by atoms with E-state index in [2.05, 4.69) is 0 Å². The lowest BCUT2D eigenvalue weighted by Gasteiger charge is -2.35. The van der Waals surface area contributed by atoms with Crippen LogP contribution in [-0.4, -0.2) is 64.6 Å². The van der Waals surface area contributed by atoms with E-state index in [-0.39, 0.29) is 29.5 Å². The molecule has 0 aromatic carbocycles. The predicted molar refractivity (Wildman–Crippen MR) is 142 cm³/mol. The SMILES string of the molecule is CCOC(=O)C1CCCN(c2c(C=C3SC(=S)N(CC4CCCO4)C3=O)c(C)c(C#N)c(=O)n2C)C1. The van der Waals surface area contributed by atoms with E-state index in [1.807, 2.05) is 11.0 Å². The number of anilines is 1. The number of thiocarbonyl (C=S) groups is 1. The summed E-state index contributed by atoms with van der Waals surface area (Å²) in [6, 6.07) is 2.02. The third-order valence-electron chi connectivity index (χ3n) is 6.87. The molecule has 1 amide bonds. The maximum Gasteiger partial charge on any atom is 0.310 e. The van der Waals surface area contributed by atoms with Gasteiger partial charge in [-0.15, -0.1) is 0 Å². The molecular weight excluding hydrogens is 500 g/mol. The van der Waals surface area contributed by atoms with Crippen LogP contribution in [0, 0.1) is 24.2 Å². The molecule has 0 radical (unpaired) electrons. The lowest BCUT2D eigenvalue weighted by atomic mass is 9.96.